The third kappa shape index (κ3) is 4.24. The van der Waals surface area contributed by atoms with Crippen molar-refractivity contribution in [3.8, 4) is 0 Å². The predicted octanol–water partition coefficient (Wildman–Crippen LogP) is 5.75. The van der Waals surface area contributed by atoms with E-state index in [1.165, 1.54) is 12.0 Å². The topological polar surface area (TPSA) is 32.3 Å². The molecule has 0 bridgehead atoms. The number of halogens is 2. The van der Waals surface area contributed by atoms with Gasteiger partial charge in [0.15, 0.2) is 0 Å². The Morgan fingerprint density at radius 1 is 1.25 bits per heavy atom. The quantitative estimate of drug-likeness (QED) is 0.628. The summed E-state index contributed by atoms with van der Waals surface area (Å²) in [7, 11) is 0. The monoisotopic (exact) mass is 365 g/mol. The van der Waals surface area contributed by atoms with Gasteiger partial charge < -0.3 is 10.4 Å². The zero-order chi connectivity index (χ0) is 17.7. The van der Waals surface area contributed by atoms with Crippen LogP contribution < -0.4 is 5.32 Å². The van der Waals surface area contributed by atoms with Gasteiger partial charge in [0.05, 0.1) is 6.61 Å². The van der Waals surface area contributed by atoms with Crippen LogP contribution in [0.15, 0.2) is 47.2 Å². The van der Waals surface area contributed by atoms with Gasteiger partial charge in [-0.15, -0.1) is 0 Å². The van der Waals surface area contributed by atoms with E-state index in [2.05, 4.69) is 17.5 Å². The minimum Gasteiger partial charge on any atom is -0.394 e. The molecule has 1 fully saturated rings. The Bertz CT molecular complexity index is 683. The van der Waals surface area contributed by atoms with E-state index in [-0.39, 0.29) is 12.6 Å². The highest BCUT2D eigenvalue weighted by atomic mass is 35.5. The van der Waals surface area contributed by atoms with Gasteiger partial charge >= 0.3 is 0 Å². The van der Waals surface area contributed by atoms with Crippen LogP contribution in [-0.2, 0) is 0 Å². The number of hydrogen-bond donors (Lipinski definition) is 2. The second-order valence-corrected chi connectivity index (χ2v) is 6.93. The number of hydrogen-bond acceptors (Lipinski definition) is 2. The zero-order valence-corrected chi connectivity index (χ0v) is 16.0. The highest BCUT2D eigenvalue weighted by molar-refractivity contribution is 6.35. The normalized spacial score (nSPS) is 16.7. The molecule has 0 saturated heterocycles. The molecular weight excluding hydrogens is 341 g/mol. The van der Waals surface area contributed by atoms with Gasteiger partial charge in [0.1, 0.15) is 0 Å². The lowest BCUT2D eigenvalue weighted by Crippen LogP contribution is -2.31. The van der Waals surface area contributed by atoms with Crippen LogP contribution in [0.2, 0.25) is 10.0 Å². The van der Waals surface area contributed by atoms with Crippen LogP contribution in [-0.4, -0.2) is 17.8 Å². The summed E-state index contributed by atoms with van der Waals surface area (Å²) in [6.07, 6.45) is 7.61. The predicted molar refractivity (Wildman–Crippen MR) is 104 cm³/mol. The summed E-state index contributed by atoms with van der Waals surface area (Å²) in [5, 5.41) is 14.2. The van der Waals surface area contributed by atoms with Crippen LogP contribution in [0.1, 0.15) is 45.6 Å². The largest absolute Gasteiger partial charge is 0.394 e. The summed E-state index contributed by atoms with van der Waals surface area (Å²) < 4.78 is 0. The molecule has 0 heterocycles. The first-order valence-corrected chi connectivity index (χ1v) is 9.15. The summed E-state index contributed by atoms with van der Waals surface area (Å²) in [4.78, 5) is 0. The van der Waals surface area contributed by atoms with Crippen molar-refractivity contribution in [3.63, 3.8) is 0 Å². The van der Waals surface area contributed by atoms with Crippen LogP contribution in [0.4, 0.5) is 0 Å². The Hall–Kier alpha value is -1.22. The van der Waals surface area contributed by atoms with Gasteiger partial charge in [0.2, 0.25) is 0 Å². The molecule has 1 aliphatic rings. The molecule has 2 nitrogen and oxygen atoms in total. The fourth-order valence-electron chi connectivity index (χ4n) is 2.86. The lowest BCUT2D eigenvalue weighted by molar-refractivity contribution is 0.258. The highest BCUT2D eigenvalue weighted by Gasteiger charge is 2.22. The molecule has 2 rings (SSSR count). The summed E-state index contributed by atoms with van der Waals surface area (Å²) in [5.41, 5.74) is 5.70. The van der Waals surface area contributed by atoms with E-state index in [4.69, 9.17) is 23.2 Å². The van der Waals surface area contributed by atoms with Crippen LogP contribution in [0.5, 0.6) is 0 Å². The summed E-state index contributed by atoms with van der Waals surface area (Å²) in [6, 6.07) is 5.60. The lowest BCUT2D eigenvalue weighted by Gasteiger charge is -2.28. The molecule has 1 unspecified atom stereocenters. The highest BCUT2D eigenvalue weighted by Crippen LogP contribution is 2.38. The summed E-state index contributed by atoms with van der Waals surface area (Å²) in [6.45, 7) is 6.13. The molecule has 0 amide bonds. The molecule has 0 radical (unpaired) electrons. The van der Waals surface area contributed by atoms with E-state index in [0.29, 0.717) is 10.0 Å². The Morgan fingerprint density at radius 3 is 2.42 bits per heavy atom. The molecular formula is C20H25Cl2NO. The zero-order valence-electron chi connectivity index (χ0n) is 14.5. The van der Waals surface area contributed by atoms with Crippen LogP contribution >= 0.6 is 23.2 Å². The molecule has 1 aromatic rings. The molecule has 2 N–H and O–H groups in total. The van der Waals surface area contributed by atoms with Crippen molar-refractivity contribution >= 4 is 28.8 Å². The first-order chi connectivity index (χ1) is 11.5. The van der Waals surface area contributed by atoms with Gasteiger partial charge in [-0.1, -0.05) is 41.4 Å². The Morgan fingerprint density at radius 2 is 1.96 bits per heavy atom. The number of aliphatic hydroxyl groups is 1. The maximum absolute atomic E-state index is 9.44. The van der Waals surface area contributed by atoms with Gasteiger partial charge in [-0.05, 0) is 63.3 Å². The number of nitrogens with one attached hydrogen (secondary N) is 1. The van der Waals surface area contributed by atoms with E-state index in [1.807, 2.05) is 32.9 Å². The number of rotatable bonds is 6. The molecule has 0 aromatic heterocycles. The molecule has 0 aliphatic heterocycles. The summed E-state index contributed by atoms with van der Waals surface area (Å²) >= 11 is 12.5. The third-order valence-electron chi connectivity index (χ3n) is 4.33. The van der Waals surface area contributed by atoms with Gasteiger partial charge in [0.25, 0.3) is 0 Å². The Balaban J connectivity index is 2.47. The van der Waals surface area contributed by atoms with Crippen molar-refractivity contribution in [1.29, 1.82) is 0 Å². The van der Waals surface area contributed by atoms with Crippen LogP contribution in [0, 0.1) is 0 Å². The molecule has 1 atom stereocenters. The van der Waals surface area contributed by atoms with E-state index < -0.39 is 0 Å². The average molecular weight is 366 g/mol. The number of benzene rings is 1. The first kappa shape index (κ1) is 19.1. The minimum atomic E-state index is 0.00171. The second-order valence-electron chi connectivity index (χ2n) is 6.09. The standard InChI is InChI=1S/C20H25Cl2NO/c1-4-16(18-10-9-15(21)11-19(18)22)17(5-2)20(14-7-6-8-14)23-13(3)12-24/h4-5,9-11,13,23-24H,6-8,12H2,1-3H3/b16-4+,17-5+. The van der Waals surface area contributed by atoms with Gasteiger partial charge in [0, 0.05) is 32.9 Å². The number of allylic oxidation sites excluding steroid dienone is 4. The molecule has 1 aromatic carbocycles. The van der Waals surface area contributed by atoms with Gasteiger partial charge in [-0.25, -0.2) is 0 Å². The van der Waals surface area contributed by atoms with Crippen molar-refractivity contribution in [2.45, 2.75) is 46.1 Å². The second kappa shape index (κ2) is 8.75. The van der Waals surface area contributed by atoms with Crippen molar-refractivity contribution < 1.29 is 5.11 Å². The van der Waals surface area contributed by atoms with Crippen LogP contribution in [0.3, 0.4) is 0 Å². The maximum Gasteiger partial charge on any atom is 0.0630 e. The van der Waals surface area contributed by atoms with Crippen molar-refractivity contribution in [1.82, 2.24) is 5.32 Å². The van der Waals surface area contributed by atoms with Crippen molar-refractivity contribution in [2.24, 2.45) is 0 Å². The van der Waals surface area contributed by atoms with Crippen LogP contribution in [0.25, 0.3) is 5.57 Å². The van der Waals surface area contributed by atoms with Crippen molar-refractivity contribution in [3.05, 3.63) is 62.8 Å². The Kier molecular flexibility index (Phi) is 6.97. The molecule has 4 heteroatoms. The SMILES string of the molecule is C/C=C(C(NC(C)CO)=C1CCC1)\C(=C/C)c1ccc(Cl)cc1Cl. The molecule has 130 valence electrons. The van der Waals surface area contributed by atoms with Gasteiger partial charge in [-0.2, -0.15) is 0 Å². The summed E-state index contributed by atoms with van der Waals surface area (Å²) in [5.74, 6) is 0. The fourth-order valence-corrected chi connectivity index (χ4v) is 3.37. The maximum atomic E-state index is 9.44. The molecule has 1 aliphatic carbocycles. The lowest BCUT2D eigenvalue weighted by atomic mass is 9.84. The third-order valence-corrected chi connectivity index (χ3v) is 4.88. The van der Waals surface area contributed by atoms with Crippen molar-refractivity contribution in [2.75, 3.05) is 6.61 Å². The smallest absolute Gasteiger partial charge is 0.0630 e. The Labute approximate surface area is 154 Å². The minimum absolute atomic E-state index is 0.00171. The van der Waals surface area contributed by atoms with E-state index in [0.717, 1.165) is 35.2 Å². The first-order valence-electron chi connectivity index (χ1n) is 8.40. The molecule has 1 saturated carbocycles. The van der Waals surface area contributed by atoms with E-state index in [1.54, 1.807) is 6.07 Å². The molecule has 0 spiro atoms. The number of aliphatic hydroxyl groups excluding tert-OH is 1. The average Bonchev–Trinajstić information content (AvgIpc) is 2.51. The van der Waals surface area contributed by atoms with Gasteiger partial charge in [-0.3, -0.25) is 0 Å². The fraction of sp³-hybridized carbons (Fsp3) is 0.400. The molecule has 24 heavy (non-hydrogen) atoms. The van der Waals surface area contributed by atoms with E-state index in [9.17, 15) is 5.11 Å². The van der Waals surface area contributed by atoms with E-state index >= 15 is 0 Å².